The largest absolute Gasteiger partial charge is 0.395 e. The van der Waals surface area contributed by atoms with Crippen molar-refractivity contribution in [3.8, 4) is 0 Å². The van der Waals surface area contributed by atoms with Gasteiger partial charge in [0.15, 0.2) is 0 Å². The van der Waals surface area contributed by atoms with Crippen LogP contribution in [0.3, 0.4) is 0 Å². The number of amides is 2. The summed E-state index contributed by atoms with van der Waals surface area (Å²) in [6, 6.07) is 17.6. The van der Waals surface area contributed by atoms with Gasteiger partial charge in [0.2, 0.25) is 0 Å². The lowest BCUT2D eigenvalue weighted by Gasteiger charge is -2.23. The zero-order chi connectivity index (χ0) is 19.6. The molecule has 0 saturated carbocycles. The Bertz CT molecular complexity index is 736. The molecule has 0 bridgehead atoms. The Morgan fingerprint density at radius 2 is 1.86 bits per heavy atom. The quantitative estimate of drug-likeness (QED) is 0.700. The number of carbonyl (C=O) groups excluding carboxylic acids is 1. The molecule has 1 saturated heterocycles. The van der Waals surface area contributed by atoms with Gasteiger partial charge in [-0.1, -0.05) is 42.5 Å². The van der Waals surface area contributed by atoms with Gasteiger partial charge in [-0.15, -0.1) is 0 Å². The summed E-state index contributed by atoms with van der Waals surface area (Å²) >= 11 is 1.96. The Hall–Kier alpha value is -2.02. The lowest BCUT2D eigenvalue weighted by molar-refractivity contribution is 0.1000. The van der Waals surface area contributed by atoms with Crippen LogP contribution in [0.15, 0.2) is 54.6 Å². The molecule has 1 aliphatic heterocycles. The standard InChI is InChI=1S/C22H28N2O3S/c25-12-11-24(16-18-5-2-1-3-6-18)22(26)23-20-8-4-7-19(15-20)17-28-21-9-13-27-14-10-21/h1-8,15,21,25H,9-14,16-17H2,(H,23,26). The summed E-state index contributed by atoms with van der Waals surface area (Å²) in [6.07, 6.45) is 2.22. The molecule has 2 N–H and O–H groups in total. The summed E-state index contributed by atoms with van der Waals surface area (Å²) < 4.78 is 5.42. The molecule has 0 atom stereocenters. The van der Waals surface area contributed by atoms with Crippen LogP contribution in [0, 0.1) is 0 Å². The molecule has 0 radical (unpaired) electrons. The summed E-state index contributed by atoms with van der Waals surface area (Å²) in [7, 11) is 0. The highest BCUT2D eigenvalue weighted by Crippen LogP contribution is 2.26. The molecular formula is C22H28N2O3S. The topological polar surface area (TPSA) is 61.8 Å². The second-order valence-corrected chi connectivity index (χ2v) is 8.17. The van der Waals surface area contributed by atoms with Crippen molar-refractivity contribution in [3.05, 3.63) is 65.7 Å². The molecule has 0 aromatic heterocycles. The summed E-state index contributed by atoms with van der Waals surface area (Å²) in [6.45, 7) is 2.40. The van der Waals surface area contributed by atoms with E-state index in [4.69, 9.17) is 4.74 Å². The van der Waals surface area contributed by atoms with Crippen molar-refractivity contribution >= 4 is 23.5 Å². The maximum absolute atomic E-state index is 12.7. The second kappa shape index (κ2) is 11.1. The molecule has 1 heterocycles. The van der Waals surface area contributed by atoms with Crippen LogP contribution in [0.5, 0.6) is 0 Å². The van der Waals surface area contributed by atoms with Crippen LogP contribution in [0.25, 0.3) is 0 Å². The van der Waals surface area contributed by atoms with Crippen LogP contribution in [0.4, 0.5) is 10.5 Å². The lowest BCUT2D eigenvalue weighted by Crippen LogP contribution is -2.36. The highest BCUT2D eigenvalue weighted by molar-refractivity contribution is 7.99. The van der Waals surface area contributed by atoms with Gasteiger partial charge in [-0.2, -0.15) is 11.8 Å². The van der Waals surface area contributed by atoms with Gasteiger partial charge in [0.05, 0.1) is 6.61 Å². The fourth-order valence-electron chi connectivity index (χ4n) is 3.18. The number of hydrogen-bond acceptors (Lipinski definition) is 4. The van der Waals surface area contributed by atoms with E-state index in [9.17, 15) is 9.90 Å². The molecule has 0 unspecified atom stereocenters. The second-order valence-electron chi connectivity index (χ2n) is 6.88. The molecule has 2 aromatic carbocycles. The number of ether oxygens (including phenoxy) is 1. The maximum Gasteiger partial charge on any atom is 0.322 e. The summed E-state index contributed by atoms with van der Waals surface area (Å²) in [4.78, 5) is 14.3. The smallest absolute Gasteiger partial charge is 0.322 e. The van der Waals surface area contributed by atoms with Gasteiger partial charge in [-0.05, 0) is 36.1 Å². The Balaban J connectivity index is 1.57. The van der Waals surface area contributed by atoms with Crippen molar-refractivity contribution in [2.24, 2.45) is 0 Å². The Labute approximate surface area is 171 Å². The zero-order valence-electron chi connectivity index (χ0n) is 16.0. The van der Waals surface area contributed by atoms with Gasteiger partial charge in [-0.3, -0.25) is 0 Å². The molecule has 0 aliphatic carbocycles. The van der Waals surface area contributed by atoms with Gasteiger partial charge in [0.1, 0.15) is 0 Å². The number of urea groups is 1. The van der Waals surface area contributed by atoms with Crippen molar-refractivity contribution in [1.29, 1.82) is 0 Å². The van der Waals surface area contributed by atoms with Gasteiger partial charge in [0, 0.05) is 43.0 Å². The highest BCUT2D eigenvalue weighted by atomic mass is 32.2. The van der Waals surface area contributed by atoms with E-state index in [1.807, 2.05) is 60.3 Å². The first kappa shape index (κ1) is 20.7. The Morgan fingerprint density at radius 1 is 1.11 bits per heavy atom. The number of carbonyl (C=O) groups is 1. The highest BCUT2D eigenvalue weighted by Gasteiger charge is 2.15. The summed E-state index contributed by atoms with van der Waals surface area (Å²) in [5, 5.41) is 13.0. The van der Waals surface area contributed by atoms with Crippen molar-refractivity contribution in [3.63, 3.8) is 0 Å². The van der Waals surface area contributed by atoms with E-state index in [2.05, 4.69) is 11.4 Å². The van der Waals surface area contributed by atoms with E-state index in [1.165, 1.54) is 5.56 Å². The molecule has 5 nitrogen and oxygen atoms in total. The van der Waals surface area contributed by atoms with Gasteiger partial charge < -0.3 is 20.1 Å². The number of nitrogens with one attached hydrogen (secondary N) is 1. The number of benzene rings is 2. The van der Waals surface area contributed by atoms with E-state index in [1.54, 1.807) is 4.90 Å². The summed E-state index contributed by atoms with van der Waals surface area (Å²) in [5.41, 5.74) is 3.02. The average Bonchev–Trinajstić information content (AvgIpc) is 2.74. The summed E-state index contributed by atoms with van der Waals surface area (Å²) in [5.74, 6) is 0.929. The predicted octanol–water partition coefficient (Wildman–Crippen LogP) is 4.13. The van der Waals surface area contributed by atoms with E-state index in [0.29, 0.717) is 18.3 Å². The van der Waals surface area contributed by atoms with Crippen LogP contribution < -0.4 is 5.32 Å². The molecule has 28 heavy (non-hydrogen) atoms. The third-order valence-corrected chi connectivity index (χ3v) is 6.15. The Morgan fingerprint density at radius 3 is 2.61 bits per heavy atom. The van der Waals surface area contributed by atoms with Crippen LogP contribution in [-0.4, -0.2) is 47.7 Å². The van der Waals surface area contributed by atoms with Crippen LogP contribution >= 0.6 is 11.8 Å². The molecule has 2 aromatic rings. The minimum Gasteiger partial charge on any atom is -0.395 e. The first-order valence-corrected chi connectivity index (χ1v) is 10.8. The molecule has 2 amide bonds. The molecule has 0 spiro atoms. The number of rotatable bonds is 8. The van der Waals surface area contributed by atoms with Gasteiger partial charge in [0.25, 0.3) is 0 Å². The number of aliphatic hydroxyl groups excluding tert-OH is 1. The third-order valence-electron chi connectivity index (χ3n) is 4.71. The number of hydrogen-bond donors (Lipinski definition) is 2. The predicted molar refractivity (Wildman–Crippen MR) is 115 cm³/mol. The molecular weight excluding hydrogens is 372 g/mol. The zero-order valence-corrected chi connectivity index (χ0v) is 16.9. The minimum atomic E-state index is -0.202. The maximum atomic E-state index is 12.7. The first-order valence-electron chi connectivity index (χ1n) is 9.73. The van der Waals surface area contributed by atoms with Crippen LogP contribution in [0.1, 0.15) is 24.0 Å². The van der Waals surface area contributed by atoms with E-state index in [0.717, 1.165) is 43.1 Å². The first-order chi connectivity index (χ1) is 13.7. The number of nitrogens with zero attached hydrogens (tertiary/aromatic N) is 1. The number of anilines is 1. The molecule has 150 valence electrons. The SMILES string of the molecule is O=C(Nc1cccc(CSC2CCOCC2)c1)N(CCO)Cc1ccccc1. The Kier molecular flexibility index (Phi) is 8.21. The molecule has 1 aliphatic rings. The molecule has 1 fully saturated rings. The van der Waals surface area contributed by atoms with Crippen molar-refractivity contribution < 1.29 is 14.6 Å². The fraction of sp³-hybridized carbons (Fsp3) is 0.409. The van der Waals surface area contributed by atoms with Crippen molar-refractivity contribution in [2.75, 3.05) is 31.7 Å². The minimum absolute atomic E-state index is 0.0674. The fourth-order valence-corrected chi connectivity index (χ4v) is 4.31. The van der Waals surface area contributed by atoms with Gasteiger partial charge in [-0.25, -0.2) is 4.79 Å². The van der Waals surface area contributed by atoms with Gasteiger partial charge >= 0.3 is 6.03 Å². The number of thioether (sulfide) groups is 1. The third kappa shape index (κ3) is 6.55. The molecule has 3 rings (SSSR count). The molecule has 6 heteroatoms. The van der Waals surface area contributed by atoms with E-state index >= 15 is 0 Å². The lowest BCUT2D eigenvalue weighted by atomic mass is 10.2. The normalized spacial score (nSPS) is 14.6. The monoisotopic (exact) mass is 400 g/mol. The van der Waals surface area contributed by atoms with E-state index < -0.39 is 0 Å². The van der Waals surface area contributed by atoms with Crippen LogP contribution in [0.2, 0.25) is 0 Å². The number of aliphatic hydroxyl groups is 1. The van der Waals surface area contributed by atoms with Crippen molar-refractivity contribution in [1.82, 2.24) is 4.90 Å². The van der Waals surface area contributed by atoms with Crippen LogP contribution in [-0.2, 0) is 17.0 Å². The van der Waals surface area contributed by atoms with Crippen molar-refractivity contribution in [2.45, 2.75) is 30.4 Å². The van der Waals surface area contributed by atoms with E-state index in [-0.39, 0.29) is 12.6 Å². The average molecular weight is 401 g/mol.